The van der Waals surface area contributed by atoms with Crippen LogP contribution in [-0.2, 0) is 22.0 Å². The Morgan fingerprint density at radius 1 is 1.13 bits per heavy atom. The van der Waals surface area contributed by atoms with Gasteiger partial charge in [0.1, 0.15) is 11.4 Å². The molecule has 1 amide bonds. The van der Waals surface area contributed by atoms with E-state index in [2.05, 4.69) is 10.1 Å². The SMILES string of the molecule is Cn1nccc1C(=O)c1ccc(Sc2cccc(C3(C(N)=O)CCOCC3)c2)cn1. The summed E-state index contributed by atoms with van der Waals surface area (Å²) in [6.07, 6.45) is 4.44. The molecular formula is C22H22N4O3S. The number of hydrogen-bond acceptors (Lipinski definition) is 6. The summed E-state index contributed by atoms with van der Waals surface area (Å²) in [5, 5.41) is 4.02. The van der Waals surface area contributed by atoms with Crippen LogP contribution in [-0.4, -0.2) is 39.7 Å². The first-order valence-corrected chi connectivity index (χ1v) is 10.5. The van der Waals surface area contributed by atoms with Gasteiger partial charge in [-0.25, -0.2) is 0 Å². The van der Waals surface area contributed by atoms with Crippen molar-refractivity contribution in [3.05, 3.63) is 71.8 Å². The van der Waals surface area contributed by atoms with E-state index in [4.69, 9.17) is 10.5 Å². The van der Waals surface area contributed by atoms with Crippen LogP contribution >= 0.6 is 11.8 Å². The standard InChI is InChI=1S/C22H22N4O3S/c1-26-19(7-10-25-26)20(27)18-6-5-17(14-24-18)30-16-4-2-3-15(13-16)22(21(23)28)8-11-29-12-9-22/h2-7,10,13-14H,8-9,11-12H2,1H3,(H2,23,28). The zero-order valence-electron chi connectivity index (χ0n) is 16.6. The number of rotatable bonds is 6. The second-order valence-electron chi connectivity index (χ2n) is 7.24. The second kappa shape index (κ2) is 8.41. The smallest absolute Gasteiger partial charge is 0.229 e. The lowest BCUT2D eigenvalue weighted by Crippen LogP contribution is -2.45. The molecule has 1 aliphatic heterocycles. The van der Waals surface area contributed by atoms with Gasteiger partial charge in [0.25, 0.3) is 0 Å². The lowest BCUT2D eigenvalue weighted by atomic mass is 9.73. The van der Waals surface area contributed by atoms with Crippen molar-refractivity contribution < 1.29 is 14.3 Å². The molecule has 0 bridgehead atoms. The first-order chi connectivity index (χ1) is 14.5. The van der Waals surface area contributed by atoms with Crippen molar-refractivity contribution in [3.8, 4) is 0 Å². The number of primary amides is 1. The molecular weight excluding hydrogens is 400 g/mol. The van der Waals surface area contributed by atoms with Crippen molar-refractivity contribution >= 4 is 23.5 Å². The number of hydrogen-bond donors (Lipinski definition) is 1. The quantitative estimate of drug-likeness (QED) is 0.613. The van der Waals surface area contributed by atoms with E-state index in [9.17, 15) is 9.59 Å². The summed E-state index contributed by atoms with van der Waals surface area (Å²) >= 11 is 1.52. The summed E-state index contributed by atoms with van der Waals surface area (Å²) in [5.74, 6) is -0.482. The van der Waals surface area contributed by atoms with Gasteiger partial charge in [-0.3, -0.25) is 19.3 Å². The predicted octanol–water partition coefficient (Wildman–Crippen LogP) is 2.73. The van der Waals surface area contributed by atoms with Crippen molar-refractivity contribution in [2.45, 2.75) is 28.0 Å². The number of carbonyl (C=O) groups is 2. The minimum Gasteiger partial charge on any atom is -0.381 e. The van der Waals surface area contributed by atoms with Gasteiger partial charge in [0.2, 0.25) is 11.7 Å². The number of ether oxygens (including phenoxy) is 1. The molecule has 2 aromatic heterocycles. The fourth-order valence-corrected chi connectivity index (χ4v) is 4.54. The van der Waals surface area contributed by atoms with Crippen LogP contribution in [0.5, 0.6) is 0 Å². The first kappa shape index (κ1) is 20.3. The van der Waals surface area contributed by atoms with Crippen LogP contribution in [0.3, 0.4) is 0 Å². The molecule has 0 unspecified atom stereocenters. The van der Waals surface area contributed by atoms with Crippen LogP contribution in [0.4, 0.5) is 0 Å². The molecule has 3 heterocycles. The van der Waals surface area contributed by atoms with Gasteiger partial charge in [-0.2, -0.15) is 5.10 Å². The normalized spacial score (nSPS) is 15.6. The Kier molecular flexibility index (Phi) is 5.69. The van der Waals surface area contributed by atoms with Crippen molar-refractivity contribution in [1.82, 2.24) is 14.8 Å². The molecule has 1 aromatic carbocycles. The van der Waals surface area contributed by atoms with Crippen molar-refractivity contribution in [1.29, 1.82) is 0 Å². The third-order valence-electron chi connectivity index (χ3n) is 5.46. The molecule has 1 fully saturated rings. The Morgan fingerprint density at radius 3 is 2.57 bits per heavy atom. The number of aryl methyl sites for hydroxylation is 1. The maximum atomic E-state index is 12.5. The zero-order valence-corrected chi connectivity index (χ0v) is 17.4. The van der Waals surface area contributed by atoms with Crippen LogP contribution < -0.4 is 5.73 Å². The molecule has 0 saturated carbocycles. The minimum absolute atomic E-state index is 0.170. The van der Waals surface area contributed by atoms with E-state index in [1.54, 1.807) is 31.6 Å². The first-order valence-electron chi connectivity index (χ1n) is 9.64. The molecule has 2 N–H and O–H groups in total. The number of pyridine rings is 1. The molecule has 154 valence electrons. The summed E-state index contributed by atoms with van der Waals surface area (Å²) in [5.41, 5.74) is 6.87. The maximum absolute atomic E-state index is 12.5. The lowest BCUT2D eigenvalue weighted by molar-refractivity contribution is -0.127. The summed E-state index contributed by atoms with van der Waals surface area (Å²) in [6.45, 7) is 1.05. The van der Waals surface area contributed by atoms with Crippen molar-refractivity contribution in [2.75, 3.05) is 13.2 Å². The molecule has 3 aromatic rings. The highest BCUT2D eigenvalue weighted by atomic mass is 32.2. The van der Waals surface area contributed by atoms with E-state index in [0.717, 1.165) is 15.4 Å². The molecule has 0 aliphatic carbocycles. The minimum atomic E-state index is -0.688. The number of ketones is 1. The maximum Gasteiger partial charge on any atom is 0.229 e. The Labute approximate surface area is 178 Å². The Balaban J connectivity index is 1.54. The highest BCUT2D eigenvalue weighted by molar-refractivity contribution is 7.99. The van der Waals surface area contributed by atoms with E-state index >= 15 is 0 Å². The van der Waals surface area contributed by atoms with Crippen LogP contribution in [0, 0.1) is 0 Å². The van der Waals surface area contributed by atoms with E-state index in [1.807, 2.05) is 30.3 Å². The van der Waals surface area contributed by atoms with Crippen LogP contribution in [0.2, 0.25) is 0 Å². The average Bonchev–Trinajstić information content (AvgIpc) is 3.20. The van der Waals surface area contributed by atoms with E-state index in [0.29, 0.717) is 37.4 Å². The Bertz CT molecular complexity index is 1070. The summed E-state index contributed by atoms with van der Waals surface area (Å²) in [6, 6.07) is 13.1. The fourth-order valence-electron chi connectivity index (χ4n) is 3.69. The molecule has 30 heavy (non-hydrogen) atoms. The average molecular weight is 423 g/mol. The van der Waals surface area contributed by atoms with Gasteiger partial charge in [0.15, 0.2) is 0 Å². The molecule has 8 heteroatoms. The van der Waals surface area contributed by atoms with Crippen LogP contribution in [0.15, 0.2) is 64.6 Å². The monoisotopic (exact) mass is 422 g/mol. The van der Waals surface area contributed by atoms with E-state index in [1.165, 1.54) is 16.4 Å². The second-order valence-corrected chi connectivity index (χ2v) is 8.38. The van der Waals surface area contributed by atoms with Gasteiger partial charge in [0.05, 0.1) is 5.41 Å². The summed E-state index contributed by atoms with van der Waals surface area (Å²) < 4.78 is 6.96. The molecule has 0 radical (unpaired) electrons. The molecule has 0 atom stereocenters. The number of amides is 1. The third-order valence-corrected chi connectivity index (χ3v) is 6.43. The highest BCUT2D eigenvalue weighted by Crippen LogP contribution is 2.37. The van der Waals surface area contributed by atoms with Gasteiger partial charge in [-0.05, 0) is 48.7 Å². The Hall–Kier alpha value is -2.97. The van der Waals surface area contributed by atoms with Gasteiger partial charge < -0.3 is 10.5 Å². The van der Waals surface area contributed by atoms with Crippen LogP contribution in [0.1, 0.15) is 34.6 Å². The third kappa shape index (κ3) is 3.88. The van der Waals surface area contributed by atoms with E-state index < -0.39 is 5.41 Å². The van der Waals surface area contributed by atoms with Crippen molar-refractivity contribution in [2.24, 2.45) is 12.8 Å². The van der Waals surface area contributed by atoms with Gasteiger partial charge in [-0.15, -0.1) is 0 Å². The highest BCUT2D eigenvalue weighted by Gasteiger charge is 2.40. The summed E-state index contributed by atoms with van der Waals surface area (Å²) in [4.78, 5) is 31.0. The molecule has 1 aliphatic rings. The number of aromatic nitrogens is 3. The summed E-state index contributed by atoms with van der Waals surface area (Å²) in [7, 11) is 1.72. The zero-order chi connectivity index (χ0) is 21.1. The predicted molar refractivity (Wildman–Crippen MR) is 112 cm³/mol. The van der Waals surface area contributed by atoms with Gasteiger partial charge >= 0.3 is 0 Å². The van der Waals surface area contributed by atoms with Gasteiger partial charge in [-0.1, -0.05) is 23.9 Å². The molecule has 7 nitrogen and oxygen atoms in total. The lowest BCUT2D eigenvalue weighted by Gasteiger charge is -2.34. The fraction of sp³-hybridized carbons (Fsp3) is 0.273. The number of carbonyl (C=O) groups excluding carboxylic acids is 2. The molecule has 0 spiro atoms. The largest absolute Gasteiger partial charge is 0.381 e. The van der Waals surface area contributed by atoms with Gasteiger partial charge in [0, 0.05) is 42.4 Å². The number of nitrogens with zero attached hydrogens (tertiary/aromatic N) is 3. The number of benzene rings is 1. The van der Waals surface area contributed by atoms with E-state index in [-0.39, 0.29) is 11.7 Å². The van der Waals surface area contributed by atoms with Crippen LogP contribution in [0.25, 0.3) is 0 Å². The topological polar surface area (TPSA) is 100 Å². The number of nitrogens with two attached hydrogens (primary N) is 1. The molecule has 4 rings (SSSR count). The molecule has 1 saturated heterocycles. The van der Waals surface area contributed by atoms with Crippen molar-refractivity contribution in [3.63, 3.8) is 0 Å². The Morgan fingerprint density at radius 2 is 1.93 bits per heavy atom.